The van der Waals surface area contributed by atoms with E-state index in [-0.39, 0.29) is 0 Å². The quantitative estimate of drug-likeness (QED) is 0.867. The molecule has 0 saturated heterocycles. The highest BCUT2D eigenvalue weighted by molar-refractivity contribution is 5.65. The van der Waals surface area contributed by atoms with Gasteiger partial charge in [-0.15, -0.1) is 0 Å². The summed E-state index contributed by atoms with van der Waals surface area (Å²) in [6.45, 7) is 6.78. The van der Waals surface area contributed by atoms with E-state index < -0.39 is 0 Å². The van der Waals surface area contributed by atoms with Crippen LogP contribution in [0.3, 0.4) is 0 Å². The molecule has 0 bridgehead atoms. The fraction of sp³-hybridized carbons (Fsp3) is 0.786. The second-order valence-electron chi connectivity index (χ2n) is 6.12. The molecule has 1 heterocycles. The van der Waals surface area contributed by atoms with Crippen molar-refractivity contribution in [1.29, 1.82) is 0 Å². The zero-order chi connectivity index (χ0) is 13.3. The third kappa shape index (κ3) is 2.33. The largest absolute Gasteiger partial charge is 0.394 e. The molecule has 1 fully saturated rings. The minimum Gasteiger partial charge on any atom is -0.394 e. The average Bonchev–Trinajstić information content (AvgIpc) is 2.58. The van der Waals surface area contributed by atoms with Crippen LogP contribution in [0.1, 0.15) is 52.1 Å². The molecule has 1 saturated carbocycles. The fourth-order valence-electron chi connectivity index (χ4n) is 2.95. The Hall–Kier alpha value is -1.19. The third-order valence-corrected chi connectivity index (χ3v) is 4.31. The number of aromatic nitrogens is 2. The molecule has 1 aliphatic carbocycles. The van der Waals surface area contributed by atoms with Crippen molar-refractivity contribution >= 4 is 11.5 Å². The predicted molar refractivity (Wildman–Crippen MR) is 76.7 cm³/mol. The zero-order valence-corrected chi connectivity index (χ0v) is 12.1. The highest BCUT2D eigenvalue weighted by atomic mass is 15.3. The number of anilines is 2. The molecule has 102 valence electrons. The lowest BCUT2D eigenvalue weighted by Crippen LogP contribution is -2.39. The molecule has 4 heteroatoms. The second kappa shape index (κ2) is 4.82. The van der Waals surface area contributed by atoms with Crippen LogP contribution in [0.2, 0.25) is 0 Å². The maximum absolute atomic E-state index is 6.17. The molecule has 1 aromatic heterocycles. The van der Waals surface area contributed by atoms with Gasteiger partial charge in [-0.2, -0.15) is 5.10 Å². The van der Waals surface area contributed by atoms with Crippen molar-refractivity contribution in [3.05, 3.63) is 5.69 Å². The molecule has 0 amide bonds. The molecule has 4 nitrogen and oxygen atoms in total. The first-order valence-corrected chi connectivity index (χ1v) is 7.03. The Balaban J connectivity index is 2.20. The van der Waals surface area contributed by atoms with E-state index in [1.807, 2.05) is 11.7 Å². The highest BCUT2D eigenvalue weighted by Gasteiger charge is 2.33. The molecular weight excluding hydrogens is 224 g/mol. The lowest BCUT2D eigenvalue weighted by Gasteiger charge is -2.39. The molecule has 0 aliphatic heterocycles. The molecule has 0 radical (unpaired) electrons. The van der Waals surface area contributed by atoms with Crippen LogP contribution in [0.25, 0.3) is 0 Å². The van der Waals surface area contributed by atoms with Gasteiger partial charge in [-0.05, 0) is 24.7 Å². The van der Waals surface area contributed by atoms with Crippen LogP contribution >= 0.6 is 0 Å². The predicted octanol–water partition coefficient (Wildman–Crippen LogP) is 2.95. The number of nitrogens with two attached hydrogens (primary N) is 1. The Morgan fingerprint density at radius 1 is 1.44 bits per heavy atom. The summed E-state index contributed by atoms with van der Waals surface area (Å²) in [6.07, 6.45) is 6.03. The summed E-state index contributed by atoms with van der Waals surface area (Å²) in [5, 5.41) is 8.11. The van der Waals surface area contributed by atoms with Gasteiger partial charge in [-0.3, -0.25) is 4.68 Å². The number of nitrogens with zero attached hydrogens (tertiary/aromatic N) is 2. The molecule has 1 unspecified atom stereocenters. The van der Waals surface area contributed by atoms with Crippen molar-refractivity contribution in [2.24, 2.45) is 12.5 Å². The summed E-state index contributed by atoms with van der Waals surface area (Å²) in [7, 11) is 1.97. The monoisotopic (exact) mass is 250 g/mol. The topological polar surface area (TPSA) is 55.9 Å². The number of nitrogens with one attached hydrogen (secondary N) is 1. The van der Waals surface area contributed by atoms with Crippen molar-refractivity contribution in [3.63, 3.8) is 0 Å². The van der Waals surface area contributed by atoms with Crippen LogP contribution in [0.4, 0.5) is 11.5 Å². The van der Waals surface area contributed by atoms with Gasteiger partial charge in [0.15, 0.2) is 0 Å². The van der Waals surface area contributed by atoms with E-state index in [9.17, 15) is 0 Å². The lowest BCUT2D eigenvalue weighted by atomic mass is 9.73. The highest BCUT2D eigenvalue weighted by Crippen LogP contribution is 2.38. The van der Waals surface area contributed by atoms with E-state index in [2.05, 4.69) is 31.2 Å². The van der Waals surface area contributed by atoms with E-state index >= 15 is 0 Å². The molecule has 0 aromatic carbocycles. The standard InChI is InChI=1S/C14H26N4/c1-5-10-12(15)13(18(4)17-10)16-11-8-6-7-9-14(11,2)3/h11,16H,5-9,15H2,1-4H3. The molecular formula is C14H26N4. The summed E-state index contributed by atoms with van der Waals surface area (Å²) < 4.78 is 1.89. The summed E-state index contributed by atoms with van der Waals surface area (Å²) in [5.74, 6) is 0.992. The van der Waals surface area contributed by atoms with E-state index in [0.29, 0.717) is 11.5 Å². The molecule has 1 aliphatic rings. The first-order valence-electron chi connectivity index (χ1n) is 7.03. The van der Waals surface area contributed by atoms with Gasteiger partial charge in [0.25, 0.3) is 0 Å². The van der Waals surface area contributed by atoms with Crippen LogP contribution in [-0.4, -0.2) is 15.8 Å². The van der Waals surface area contributed by atoms with E-state index in [0.717, 1.165) is 23.6 Å². The minimum atomic E-state index is 0.335. The van der Waals surface area contributed by atoms with Gasteiger partial charge in [0.05, 0.1) is 11.4 Å². The van der Waals surface area contributed by atoms with Crippen LogP contribution in [0, 0.1) is 5.41 Å². The van der Waals surface area contributed by atoms with Gasteiger partial charge in [0, 0.05) is 13.1 Å². The van der Waals surface area contributed by atoms with Gasteiger partial charge in [0.1, 0.15) is 5.82 Å². The Morgan fingerprint density at radius 2 is 2.17 bits per heavy atom. The fourth-order valence-corrected chi connectivity index (χ4v) is 2.95. The third-order valence-electron chi connectivity index (χ3n) is 4.31. The van der Waals surface area contributed by atoms with Gasteiger partial charge in [0.2, 0.25) is 0 Å². The molecule has 1 atom stereocenters. The molecule has 3 N–H and O–H groups in total. The normalized spacial score (nSPS) is 23.0. The van der Waals surface area contributed by atoms with E-state index in [1.165, 1.54) is 25.7 Å². The number of aryl methyl sites for hydroxylation is 2. The van der Waals surface area contributed by atoms with Crippen LogP contribution in [0.15, 0.2) is 0 Å². The Labute approximate surface area is 110 Å². The number of rotatable bonds is 3. The Bertz CT molecular complexity index is 420. The van der Waals surface area contributed by atoms with Crippen LogP contribution < -0.4 is 11.1 Å². The summed E-state index contributed by atoms with van der Waals surface area (Å²) >= 11 is 0. The molecule has 2 rings (SSSR count). The Kier molecular flexibility index (Phi) is 3.55. The second-order valence-corrected chi connectivity index (χ2v) is 6.12. The van der Waals surface area contributed by atoms with Crippen molar-refractivity contribution < 1.29 is 0 Å². The van der Waals surface area contributed by atoms with Crippen molar-refractivity contribution in [2.75, 3.05) is 11.1 Å². The first kappa shape index (κ1) is 13.2. The number of hydrogen-bond donors (Lipinski definition) is 2. The SMILES string of the molecule is CCc1nn(C)c(NC2CCCCC2(C)C)c1N. The van der Waals surface area contributed by atoms with Crippen molar-refractivity contribution in [3.8, 4) is 0 Å². The zero-order valence-electron chi connectivity index (χ0n) is 12.1. The van der Waals surface area contributed by atoms with Crippen LogP contribution in [-0.2, 0) is 13.5 Å². The molecule has 0 spiro atoms. The van der Waals surface area contributed by atoms with Crippen molar-refractivity contribution in [1.82, 2.24) is 9.78 Å². The number of hydrogen-bond acceptors (Lipinski definition) is 3. The summed E-state index contributed by atoms with van der Waals surface area (Å²) in [4.78, 5) is 0. The summed E-state index contributed by atoms with van der Waals surface area (Å²) in [6, 6.07) is 0.494. The lowest BCUT2D eigenvalue weighted by molar-refractivity contribution is 0.216. The number of nitrogen functional groups attached to an aromatic ring is 1. The van der Waals surface area contributed by atoms with E-state index in [4.69, 9.17) is 5.73 Å². The van der Waals surface area contributed by atoms with Crippen LogP contribution in [0.5, 0.6) is 0 Å². The van der Waals surface area contributed by atoms with Gasteiger partial charge >= 0.3 is 0 Å². The van der Waals surface area contributed by atoms with Gasteiger partial charge in [-0.25, -0.2) is 0 Å². The Morgan fingerprint density at radius 3 is 2.72 bits per heavy atom. The smallest absolute Gasteiger partial charge is 0.148 e. The maximum atomic E-state index is 6.17. The van der Waals surface area contributed by atoms with E-state index in [1.54, 1.807) is 0 Å². The molecule has 18 heavy (non-hydrogen) atoms. The van der Waals surface area contributed by atoms with Crippen molar-refractivity contribution in [2.45, 2.75) is 58.9 Å². The average molecular weight is 250 g/mol. The maximum Gasteiger partial charge on any atom is 0.148 e. The minimum absolute atomic E-state index is 0.335. The van der Waals surface area contributed by atoms with Gasteiger partial charge in [-0.1, -0.05) is 33.6 Å². The summed E-state index contributed by atoms with van der Waals surface area (Å²) in [5.41, 5.74) is 8.32. The molecule has 1 aromatic rings. The van der Waals surface area contributed by atoms with Gasteiger partial charge < -0.3 is 11.1 Å². The first-order chi connectivity index (χ1) is 8.45.